The van der Waals surface area contributed by atoms with Crippen LogP contribution >= 0.6 is 0 Å². The minimum Gasteiger partial charge on any atom is -0.467 e. The number of amides is 2. The number of fused-ring (bicyclic) bond motifs is 1. The summed E-state index contributed by atoms with van der Waals surface area (Å²) in [7, 11) is 3.97. The molecule has 0 aliphatic carbocycles. The SMILES string of the molecule is COC(=O)[C@H](C[C@]1(C(=O)OC)C[C@H]2OCC[C@@H](N(C)C(=O)OC(C)(C)C)[C@H]2O1)NC(=O)OCc1ccccc1. The predicted molar refractivity (Wildman–Crippen MR) is 137 cm³/mol. The summed E-state index contributed by atoms with van der Waals surface area (Å²) in [5, 5.41) is 2.48. The van der Waals surface area contributed by atoms with Crippen molar-refractivity contribution in [1.29, 1.82) is 0 Å². The Hall–Kier alpha value is -3.38. The molecular weight excluding hydrogens is 512 g/mol. The molecule has 0 aromatic heterocycles. The fourth-order valence-electron chi connectivity index (χ4n) is 4.80. The lowest BCUT2D eigenvalue weighted by atomic mass is 9.89. The normalized spacial score (nSPS) is 25.0. The maximum atomic E-state index is 13.1. The van der Waals surface area contributed by atoms with E-state index < -0.39 is 59.6 Å². The van der Waals surface area contributed by atoms with E-state index in [1.807, 2.05) is 6.07 Å². The van der Waals surface area contributed by atoms with Crippen LogP contribution in [0.5, 0.6) is 0 Å². The topological polar surface area (TPSA) is 139 Å². The first kappa shape index (κ1) is 30.2. The average molecular weight is 551 g/mol. The molecule has 12 heteroatoms. The molecule has 2 heterocycles. The van der Waals surface area contributed by atoms with Gasteiger partial charge in [0.25, 0.3) is 0 Å². The van der Waals surface area contributed by atoms with Crippen LogP contribution in [0, 0.1) is 0 Å². The number of esters is 2. The first-order valence-corrected chi connectivity index (χ1v) is 12.8. The molecule has 12 nitrogen and oxygen atoms in total. The molecule has 2 aliphatic rings. The second kappa shape index (κ2) is 12.6. The van der Waals surface area contributed by atoms with Gasteiger partial charge in [-0.1, -0.05) is 30.3 Å². The van der Waals surface area contributed by atoms with Crippen molar-refractivity contribution in [1.82, 2.24) is 10.2 Å². The van der Waals surface area contributed by atoms with Crippen LogP contribution in [0.15, 0.2) is 30.3 Å². The van der Waals surface area contributed by atoms with Crippen molar-refractivity contribution >= 4 is 24.1 Å². The maximum Gasteiger partial charge on any atom is 0.410 e. The van der Waals surface area contributed by atoms with Crippen LogP contribution in [0.2, 0.25) is 0 Å². The summed E-state index contributed by atoms with van der Waals surface area (Å²) in [5.74, 6) is -1.54. The number of likely N-dealkylation sites (N-methyl/N-ethyl adjacent to an activating group) is 1. The lowest BCUT2D eigenvalue weighted by molar-refractivity contribution is -0.176. The van der Waals surface area contributed by atoms with Crippen molar-refractivity contribution in [3.05, 3.63) is 35.9 Å². The number of hydrogen-bond acceptors (Lipinski definition) is 10. The van der Waals surface area contributed by atoms with Crippen LogP contribution in [-0.4, -0.2) is 92.4 Å². The Kier molecular flexibility index (Phi) is 9.78. The molecule has 216 valence electrons. The van der Waals surface area contributed by atoms with Crippen LogP contribution in [0.4, 0.5) is 9.59 Å². The smallest absolute Gasteiger partial charge is 0.410 e. The summed E-state index contributed by atoms with van der Waals surface area (Å²) >= 11 is 0. The van der Waals surface area contributed by atoms with Gasteiger partial charge >= 0.3 is 24.1 Å². The Balaban J connectivity index is 1.78. The highest BCUT2D eigenvalue weighted by Crippen LogP contribution is 2.42. The molecule has 0 radical (unpaired) electrons. The van der Waals surface area contributed by atoms with Gasteiger partial charge in [-0.3, -0.25) is 0 Å². The van der Waals surface area contributed by atoms with Gasteiger partial charge in [0.15, 0.2) is 5.60 Å². The Labute approximate surface area is 228 Å². The third-order valence-corrected chi connectivity index (χ3v) is 6.64. The standard InChI is InChI=1S/C27H38N2O10/c1-26(2,3)39-25(33)29(4)19-12-13-36-20-15-27(23(31)35-6,38-21(19)20)14-18(22(30)34-5)28-24(32)37-16-17-10-8-7-9-11-17/h7-11,18-21H,12-16H2,1-6H3,(H,28,32)/t18-,19+,20+,21+,27+/m0/s1. The van der Waals surface area contributed by atoms with E-state index in [0.717, 1.165) is 5.56 Å². The minimum atomic E-state index is -1.66. The van der Waals surface area contributed by atoms with E-state index >= 15 is 0 Å². The highest BCUT2D eigenvalue weighted by atomic mass is 16.6. The number of ether oxygens (including phenoxy) is 6. The Bertz CT molecular complexity index is 1030. The average Bonchev–Trinajstić information content (AvgIpc) is 3.29. The van der Waals surface area contributed by atoms with Gasteiger partial charge in [0.2, 0.25) is 0 Å². The zero-order valence-corrected chi connectivity index (χ0v) is 23.3. The third kappa shape index (κ3) is 7.60. The predicted octanol–water partition coefficient (Wildman–Crippen LogP) is 2.57. The molecule has 0 unspecified atom stereocenters. The number of rotatable bonds is 8. The van der Waals surface area contributed by atoms with Gasteiger partial charge in [0.1, 0.15) is 24.4 Å². The van der Waals surface area contributed by atoms with Crippen molar-refractivity contribution in [2.75, 3.05) is 27.9 Å². The van der Waals surface area contributed by atoms with E-state index in [4.69, 9.17) is 28.4 Å². The minimum absolute atomic E-state index is 0.0180. The number of carbonyl (C=O) groups is 4. The van der Waals surface area contributed by atoms with Gasteiger partial charge in [-0.2, -0.15) is 0 Å². The fourth-order valence-corrected chi connectivity index (χ4v) is 4.80. The Morgan fingerprint density at radius 3 is 2.44 bits per heavy atom. The second-order valence-electron chi connectivity index (χ2n) is 10.6. The van der Waals surface area contributed by atoms with E-state index in [-0.39, 0.29) is 19.4 Å². The Morgan fingerprint density at radius 2 is 1.82 bits per heavy atom. The monoisotopic (exact) mass is 550 g/mol. The molecule has 2 fully saturated rings. The van der Waals surface area contributed by atoms with E-state index in [2.05, 4.69) is 5.32 Å². The van der Waals surface area contributed by atoms with E-state index in [9.17, 15) is 19.2 Å². The number of methoxy groups -OCH3 is 2. The summed E-state index contributed by atoms with van der Waals surface area (Å²) in [4.78, 5) is 52.6. The second-order valence-corrected chi connectivity index (χ2v) is 10.6. The van der Waals surface area contributed by atoms with Gasteiger partial charge in [-0.15, -0.1) is 0 Å². The summed E-state index contributed by atoms with van der Waals surface area (Å²) in [6.45, 7) is 5.61. The van der Waals surface area contributed by atoms with Gasteiger partial charge in [0, 0.05) is 26.5 Å². The van der Waals surface area contributed by atoms with Gasteiger partial charge in [-0.25, -0.2) is 19.2 Å². The molecule has 2 aliphatic heterocycles. The maximum absolute atomic E-state index is 13.1. The lowest BCUT2D eigenvalue weighted by Crippen LogP contribution is -2.54. The third-order valence-electron chi connectivity index (χ3n) is 6.64. The molecule has 2 saturated heterocycles. The summed E-state index contributed by atoms with van der Waals surface area (Å²) < 4.78 is 32.9. The highest BCUT2D eigenvalue weighted by Gasteiger charge is 2.58. The van der Waals surface area contributed by atoms with Crippen LogP contribution in [-0.2, 0) is 44.6 Å². The summed E-state index contributed by atoms with van der Waals surface area (Å²) in [6, 6.07) is 7.26. The van der Waals surface area contributed by atoms with Crippen molar-refractivity contribution in [2.24, 2.45) is 0 Å². The highest BCUT2D eigenvalue weighted by molar-refractivity contribution is 5.85. The summed E-state index contributed by atoms with van der Waals surface area (Å²) in [6.07, 6.45) is -2.51. The van der Waals surface area contributed by atoms with E-state index in [0.29, 0.717) is 13.0 Å². The van der Waals surface area contributed by atoms with E-state index in [1.54, 1.807) is 52.1 Å². The van der Waals surface area contributed by atoms with Crippen LogP contribution in [0.3, 0.4) is 0 Å². The van der Waals surface area contributed by atoms with Crippen LogP contribution in [0.25, 0.3) is 0 Å². The molecule has 0 bridgehead atoms. The van der Waals surface area contributed by atoms with Crippen LogP contribution < -0.4 is 5.32 Å². The molecule has 39 heavy (non-hydrogen) atoms. The van der Waals surface area contributed by atoms with Crippen molar-refractivity contribution in [2.45, 2.75) is 82.1 Å². The zero-order chi connectivity index (χ0) is 28.8. The molecule has 0 saturated carbocycles. The van der Waals surface area contributed by atoms with Crippen molar-refractivity contribution in [3.8, 4) is 0 Å². The first-order valence-electron chi connectivity index (χ1n) is 12.8. The quantitative estimate of drug-likeness (QED) is 0.379. The number of hydrogen-bond donors (Lipinski definition) is 1. The summed E-state index contributed by atoms with van der Waals surface area (Å²) in [5.41, 5.74) is -1.60. The number of alkyl carbamates (subject to hydrolysis) is 1. The number of nitrogens with one attached hydrogen (secondary N) is 1. The number of benzene rings is 1. The molecule has 1 N–H and O–H groups in total. The Morgan fingerprint density at radius 1 is 1.13 bits per heavy atom. The van der Waals surface area contributed by atoms with Gasteiger partial charge in [0.05, 0.1) is 26.4 Å². The largest absolute Gasteiger partial charge is 0.467 e. The lowest BCUT2D eigenvalue weighted by Gasteiger charge is -2.39. The number of carbonyl (C=O) groups excluding carboxylic acids is 4. The molecule has 1 aromatic carbocycles. The zero-order valence-electron chi connectivity index (χ0n) is 23.3. The van der Waals surface area contributed by atoms with Gasteiger partial charge in [-0.05, 0) is 32.8 Å². The fraction of sp³-hybridized carbons (Fsp3) is 0.630. The molecule has 0 spiro atoms. The molecule has 5 atom stereocenters. The van der Waals surface area contributed by atoms with Gasteiger partial charge < -0.3 is 38.6 Å². The molecular formula is C27H38N2O10. The molecule has 3 rings (SSSR count). The number of nitrogens with zero attached hydrogens (tertiary/aromatic N) is 1. The molecule has 2 amide bonds. The van der Waals surface area contributed by atoms with Crippen LogP contribution in [0.1, 0.15) is 45.6 Å². The molecule has 1 aromatic rings. The van der Waals surface area contributed by atoms with E-state index in [1.165, 1.54) is 19.1 Å². The van der Waals surface area contributed by atoms with Crippen molar-refractivity contribution in [3.63, 3.8) is 0 Å². The van der Waals surface area contributed by atoms with Crippen molar-refractivity contribution < 1.29 is 47.6 Å². The first-order chi connectivity index (χ1) is 18.4.